The highest BCUT2D eigenvalue weighted by atomic mass is 16.4. The molecule has 2 heteroatoms. The lowest BCUT2D eigenvalue weighted by molar-refractivity contribution is -0.137. The third kappa shape index (κ3) is 16.9. The Morgan fingerprint density at radius 2 is 1.35 bits per heavy atom. The number of rotatable bonds is 14. The Kier molecular flexibility index (Phi) is 15.2. The fourth-order valence-corrected chi connectivity index (χ4v) is 2.10. The van der Waals surface area contributed by atoms with E-state index in [1.54, 1.807) is 0 Å². The van der Waals surface area contributed by atoms with Crippen LogP contribution in [0.5, 0.6) is 0 Å². The summed E-state index contributed by atoms with van der Waals surface area (Å²) in [7, 11) is 0. The molecule has 20 heavy (non-hydrogen) atoms. The van der Waals surface area contributed by atoms with E-state index >= 15 is 0 Å². The smallest absolute Gasteiger partial charge is 0.303 e. The minimum atomic E-state index is -0.701. The van der Waals surface area contributed by atoms with Crippen molar-refractivity contribution in [1.82, 2.24) is 0 Å². The van der Waals surface area contributed by atoms with Crippen LogP contribution in [-0.4, -0.2) is 11.1 Å². The summed E-state index contributed by atoms with van der Waals surface area (Å²) in [6.07, 6.45) is 22.3. The van der Waals surface area contributed by atoms with Gasteiger partial charge in [0.25, 0.3) is 0 Å². The molecule has 0 saturated heterocycles. The lowest BCUT2D eigenvalue weighted by Gasteiger charge is -1.98. The van der Waals surface area contributed by atoms with E-state index in [0.717, 1.165) is 19.3 Å². The van der Waals surface area contributed by atoms with Crippen LogP contribution in [0.4, 0.5) is 0 Å². The van der Waals surface area contributed by atoms with Crippen LogP contribution >= 0.6 is 0 Å². The molecule has 0 bridgehead atoms. The van der Waals surface area contributed by atoms with E-state index < -0.39 is 5.97 Å². The first-order chi connectivity index (χ1) is 9.77. The highest BCUT2D eigenvalue weighted by Crippen LogP contribution is 2.08. The van der Waals surface area contributed by atoms with Gasteiger partial charge in [0.15, 0.2) is 0 Å². The van der Waals surface area contributed by atoms with Crippen molar-refractivity contribution in [3.8, 4) is 0 Å². The third-order valence-electron chi connectivity index (χ3n) is 3.34. The van der Waals surface area contributed by atoms with E-state index in [0.29, 0.717) is 0 Å². The minimum absolute atomic E-state index is 0.276. The van der Waals surface area contributed by atoms with Crippen molar-refractivity contribution in [2.24, 2.45) is 0 Å². The van der Waals surface area contributed by atoms with Gasteiger partial charge in [0.1, 0.15) is 0 Å². The molecular weight excluding hydrogens is 248 g/mol. The lowest BCUT2D eigenvalue weighted by Crippen LogP contribution is -1.92. The SMILES string of the molecule is CCCCCCCCC/C=C/C/C=C/CCCC(=O)O. The van der Waals surface area contributed by atoms with Gasteiger partial charge in [-0.15, -0.1) is 0 Å². The standard InChI is InChI=1S/C18H32O2/c1-2-3-4-5-6-7-8-9-10-11-12-13-14-15-16-17-18(19)20/h10-11,13-14H,2-9,12,15-17H2,1H3,(H,19,20)/b11-10+,14-13+. The zero-order valence-electron chi connectivity index (χ0n) is 13.2. The molecule has 0 atom stereocenters. The first kappa shape index (κ1) is 18.9. The van der Waals surface area contributed by atoms with Gasteiger partial charge in [-0.1, -0.05) is 69.8 Å². The van der Waals surface area contributed by atoms with Crippen molar-refractivity contribution in [2.75, 3.05) is 0 Å². The van der Waals surface area contributed by atoms with Crippen LogP contribution in [0.25, 0.3) is 0 Å². The normalized spacial score (nSPS) is 11.7. The Balaban J connectivity index is 3.19. The Labute approximate surface area is 125 Å². The molecule has 0 unspecified atom stereocenters. The summed E-state index contributed by atoms with van der Waals surface area (Å²) in [4.78, 5) is 10.3. The van der Waals surface area contributed by atoms with E-state index in [4.69, 9.17) is 5.11 Å². The summed E-state index contributed by atoms with van der Waals surface area (Å²) in [5.74, 6) is -0.701. The van der Waals surface area contributed by atoms with Crippen molar-refractivity contribution in [3.63, 3.8) is 0 Å². The second-order valence-corrected chi connectivity index (χ2v) is 5.37. The molecule has 0 aromatic rings. The van der Waals surface area contributed by atoms with E-state index in [2.05, 4.69) is 31.2 Å². The number of hydrogen-bond donors (Lipinski definition) is 1. The Morgan fingerprint density at radius 1 is 0.800 bits per heavy atom. The van der Waals surface area contributed by atoms with Crippen LogP contribution in [-0.2, 0) is 4.79 Å². The molecule has 0 aromatic carbocycles. The maximum absolute atomic E-state index is 10.3. The summed E-state index contributed by atoms with van der Waals surface area (Å²) in [6, 6.07) is 0. The molecule has 0 spiro atoms. The second kappa shape index (κ2) is 16.0. The van der Waals surface area contributed by atoms with Gasteiger partial charge in [-0.2, -0.15) is 0 Å². The number of hydrogen-bond acceptors (Lipinski definition) is 1. The van der Waals surface area contributed by atoms with Gasteiger partial charge in [-0.25, -0.2) is 0 Å². The molecule has 0 rings (SSSR count). The zero-order valence-corrected chi connectivity index (χ0v) is 13.2. The van der Waals surface area contributed by atoms with Crippen LogP contribution < -0.4 is 0 Å². The van der Waals surface area contributed by atoms with Crippen LogP contribution in [0.1, 0.15) is 84.0 Å². The van der Waals surface area contributed by atoms with Gasteiger partial charge in [0.05, 0.1) is 0 Å². The maximum atomic E-state index is 10.3. The topological polar surface area (TPSA) is 37.3 Å². The first-order valence-electron chi connectivity index (χ1n) is 8.29. The molecule has 0 aromatic heterocycles. The van der Waals surface area contributed by atoms with E-state index in [1.807, 2.05) is 0 Å². The molecule has 0 aliphatic carbocycles. The molecule has 0 amide bonds. The molecule has 2 nitrogen and oxygen atoms in total. The number of aliphatic carboxylic acids is 1. The van der Waals surface area contributed by atoms with Gasteiger partial charge in [-0.3, -0.25) is 4.79 Å². The molecule has 0 fully saturated rings. The third-order valence-corrected chi connectivity index (χ3v) is 3.34. The van der Waals surface area contributed by atoms with Crippen molar-refractivity contribution in [2.45, 2.75) is 84.0 Å². The van der Waals surface area contributed by atoms with E-state index in [-0.39, 0.29) is 6.42 Å². The zero-order chi connectivity index (χ0) is 14.9. The molecule has 0 heterocycles. The fourth-order valence-electron chi connectivity index (χ4n) is 2.10. The van der Waals surface area contributed by atoms with Gasteiger partial charge in [0.2, 0.25) is 0 Å². The Bertz CT molecular complexity index is 267. The number of allylic oxidation sites excluding steroid dienone is 4. The molecule has 116 valence electrons. The van der Waals surface area contributed by atoms with Gasteiger partial charge >= 0.3 is 5.97 Å². The molecule has 1 N–H and O–H groups in total. The summed E-state index contributed by atoms with van der Waals surface area (Å²) in [6.45, 7) is 2.26. The van der Waals surface area contributed by atoms with E-state index in [9.17, 15) is 4.79 Å². The van der Waals surface area contributed by atoms with Crippen molar-refractivity contribution < 1.29 is 9.90 Å². The number of unbranched alkanes of at least 4 members (excludes halogenated alkanes) is 8. The van der Waals surface area contributed by atoms with Gasteiger partial charge < -0.3 is 5.11 Å². The predicted molar refractivity (Wildman–Crippen MR) is 87.0 cm³/mol. The maximum Gasteiger partial charge on any atom is 0.303 e. The largest absolute Gasteiger partial charge is 0.481 e. The van der Waals surface area contributed by atoms with Gasteiger partial charge in [0, 0.05) is 6.42 Å². The fraction of sp³-hybridized carbons (Fsp3) is 0.722. The average molecular weight is 280 g/mol. The Hall–Kier alpha value is -1.05. The van der Waals surface area contributed by atoms with Crippen LogP contribution in [0, 0.1) is 0 Å². The van der Waals surface area contributed by atoms with Crippen molar-refractivity contribution in [1.29, 1.82) is 0 Å². The van der Waals surface area contributed by atoms with Crippen LogP contribution in [0.2, 0.25) is 0 Å². The highest BCUT2D eigenvalue weighted by Gasteiger charge is 1.92. The summed E-state index contributed by atoms with van der Waals surface area (Å²) < 4.78 is 0. The second-order valence-electron chi connectivity index (χ2n) is 5.37. The number of carboxylic acid groups (broad SMARTS) is 1. The Morgan fingerprint density at radius 3 is 1.95 bits per heavy atom. The van der Waals surface area contributed by atoms with Crippen molar-refractivity contribution >= 4 is 5.97 Å². The molecule has 0 radical (unpaired) electrons. The monoisotopic (exact) mass is 280 g/mol. The first-order valence-corrected chi connectivity index (χ1v) is 8.29. The van der Waals surface area contributed by atoms with E-state index in [1.165, 1.54) is 51.4 Å². The van der Waals surface area contributed by atoms with Crippen LogP contribution in [0.15, 0.2) is 24.3 Å². The number of carbonyl (C=O) groups is 1. The van der Waals surface area contributed by atoms with Crippen LogP contribution in [0.3, 0.4) is 0 Å². The molecule has 0 saturated carbocycles. The molecule has 0 aliphatic heterocycles. The summed E-state index contributed by atoms with van der Waals surface area (Å²) in [5, 5.41) is 8.48. The lowest BCUT2D eigenvalue weighted by atomic mass is 10.1. The average Bonchev–Trinajstić information content (AvgIpc) is 2.43. The quantitative estimate of drug-likeness (QED) is 0.318. The highest BCUT2D eigenvalue weighted by molar-refractivity contribution is 5.66. The minimum Gasteiger partial charge on any atom is -0.481 e. The molecule has 0 aliphatic rings. The number of carboxylic acids is 1. The van der Waals surface area contributed by atoms with Crippen molar-refractivity contribution in [3.05, 3.63) is 24.3 Å². The summed E-state index contributed by atoms with van der Waals surface area (Å²) in [5.41, 5.74) is 0. The summed E-state index contributed by atoms with van der Waals surface area (Å²) >= 11 is 0. The van der Waals surface area contributed by atoms with Gasteiger partial charge in [-0.05, 0) is 32.1 Å². The predicted octanol–water partition coefficient (Wildman–Crippen LogP) is 5.88. The molecular formula is C18H32O2.